The minimum Gasteiger partial charge on any atom is -0.392 e. The van der Waals surface area contributed by atoms with E-state index < -0.39 is 0 Å². The third kappa shape index (κ3) is 2.97. The van der Waals surface area contributed by atoms with Crippen molar-refractivity contribution >= 4 is 0 Å². The molecule has 2 N–H and O–H groups in total. The lowest BCUT2D eigenvalue weighted by Gasteiger charge is -2.15. The van der Waals surface area contributed by atoms with E-state index in [4.69, 9.17) is 5.11 Å². The predicted octanol–water partition coefficient (Wildman–Crippen LogP) is 1.76. The molecule has 1 heterocycles. The molecule has 0 aliphatic heterocycles. The Balaban J connectivity index is 1.99. The van der Waals surface area contributed by atoms with Crippen molar-refractivity contribution in [3.63, 3.8) is 0 Å². The van der Waals surface area contributed by atoms with Gasteiger partial charge in [-0.3, -0.25) is 4.68 Å². The monoisotopic (exact) mass is 245 g/mol. The lowest BCUT2D eigenvalue weighted by atomic mass is 10.1. The van der Waals surface area contributed by atoms with E-state index in [-0.39, 0.29) is 12.6 Å². The maximum atomic E-state index is 9.13. The zero-order valence-corrected chi connectivity index (χ0v) is 10.8. The highest BCUT2D eigenvalue weighted by Crippen LogP contribution is 2.14. The zero-order valence-electron chi connectivity index (χ0n) is 10.8. The smallest absolute Gasteiger partial charge is 0.0681 e. The van der Waals surface area contributed by atoms with Crippen LogP contribution in [0.2, 0.25) is 0 Å². The molecule has 1 atom stereocenters. The van der Waals surface area contributed by atoms with Crippen molar-refractivity contribution in [1.82, 2.24) is 15.1 Å². The van der Waals surface area contributed by atoms with E-state index in [1.165, 1.54) is 5.56 Å². The van der Waals surface area contributed by atoms with Crippen molar-refractivity contribution in [1.29, 1.82) is 0 Å². The van der Waals surface area contributed by atoms with Crippen LogP contribution >= 0.6 is 0 Å². The number of aliphatic hydroxyl groups excluding tert-OH is 1. The van der Waals surface area contributed by atoms with Crippen LogP contribution in [0, 0.1) is 0 Å². The summed E-state index contributed by atoms with van der Waals surface area (Å²) in [7, 11) is 1.94. The van der Waals surface area contributed by atoms with Gasteiger partial charge in [-0.2, -0.15) is 5.10 Å². The average molecular weight is 245 g/mol. The first-order valence-corrected chi connectivity index (χ1v) is 6.10. The van der Waals surface area contributed by atoms with Gasteiger partial charge >= 0.3 is 0 Å². The van der Waals surface area contributed by atoms with Gasteiger partial charge in [0.25, 0.3) is 0 Å². The van der Waals surface area contributed by atoms with Gasteiger partial charge in [0.1, 0.15) is 0 Å². The van der Waals surface area contributed by atoms with Crippen molar-refractivity contribution in [2.45, 2.75) is 26.1 Å². The molecule has 0 spiro atoms. The number of aryl methyl sites for hydroxylation is 1. The Morgan fingerprint density at radius 2 is 2.22 bits per heavy atom. The molecule has 0 saturated carbocycles. The van der Waals surface area contributed by atoms with Crippen LogP contribution in [0.15, 0.2) is 36.5 Å². The van der Waals surface area contributed by atoms with Gasteiger partial charge < -0.3 is 10.4 Å². The summed E-state index contributed by atoms with van der Waals surface area (Å²) in [6.45, 7) is 2.98. The number of aromatic nitrogens is 2. The molecule has 4 nitrogen and oxygen atoms in total. The first kappa shape index (κ1) is 12.8. The normalized spacial score (nSPS) is 12.6. The molecule has 4 heteroatoms. The third-order valence-corrected chi connectivity index (χ3v) is 3.15. The van der Waals surface area contributed by atoms with E-state index in [2.05, 4.69) is 23.4 Å². The van der Waals surface area contributed by atoms with Gasteiger partial charge in [-0.25, -0.2) is 0 Å². The first-order valence-electron chi connectivity index (χ1n) is 6.10. The summed E-state index contributed by atoms with van der Waals surface area (Å²) >= 11 is 0. The molecule has 1 unspecified atom stereocenters. The van der Waals surface area contributed by atoms with Crippen LogP contribution in [0.1, 0.15) is 29.8 Å². The molecule has 0 saturated heterocycles. The second-order valence-corrected chi connectivity index (χ2v) is 4.45. The summed E-state index contributed by atoms with van der Waals surface area (Å²) in [5, 5.41) is 16.7. The van der Waals surface area contributed by atoms with E-state index in [9.17, 15) is 0 Å². The fourth-order valence-electron chi connectivity index (χ4n) is 1.91. The number of hydrogen-bond acceptors (Lipinski definition) is 3. The number of hydrogen-bond donors (Lipinski definition) is 2. The Morgan fingerprint density at radius 1 is 1.39 bits per heavy atom. The van der Waals surface area contributed by atoms with Crippen LogP contribution in [0.5, 0.6) is 0 Å². The second-order valence-electron chi connectivity index (χ2n) is 4.45. The van der Waals surface area contributed by atoms with Gasteiger partial charge in [-0.15, -0.1) is 0 Å². The van der Waals surface area contributed by atoms with Gasteiger partial charge in [0.05, 0.1) is 12.3 Å². The van der Waals surface area contributed by atoms with Gasteiger partial charge in [-0.1, -0.05) is 24.3 Å². The minimum atomic E-state index is 0.0856. The number of nitrogens with one attached hydrogen (secondary N) is 1. The molecule has 0 amide bonds. The molecule has 0 fully saturated rings. The molecule has 1 aromatic carbocycles. The average Bonchev–Trinajstić information content (AvgIpc) is 2.81. The lowest BCUT2D eigenvalue weighted by molar-refractivity contribution is 0.281. The molecule has 96 valence electrons. The van der Waals surface area contributed by atoms with Crippen molar-refractivity contribution in [3.8, 4) is 0 Å². The Labute approximate surface area is 107 Å². The topological polar surface area (TPSA) is 50.1 Å². The predicted molar refractivity (Wildman–Crippen MR) is 70.8 cm³/mol. The highest BCUT2D eigenvalue weighted by Gasteiger charge is 2.06. The van der Waals surface area contributed by atoms with Gasteiger partial charge in [-0.05, 0) is 24.1 Å². The molecule has 1 aromatic heterocycles. The van der Waals surface area contributed by atoms with E-state index in [1.807, 2.05) is 36.0 Å². The molecule has 2 rings (SSSR count). The summed E-state index contributed by atoms with van der Waals surface area (Å²) in [5.41, 5.74) is 3.28. The third-order valence-electron chi connectivity index (χ3n) is 3.15. The van der Waals surface area contributed by atoms with E-state index in [0.717, 1.165) is 17.8 Å². The SMILES string of the molecule is CC(NCc1ccnn1C)c1cccc(CO)c1. The Hall–Kier alpha value is -1.65. The number of aliphatic hydroxyl groups is 1. The molecule has 2 aromatic rings. The summed E-state index contributed by atoms with van der Waals surface area (Å²) < 4.78 is 1.86. The largest absolute Gasteiger partial charge is 0.392 e. The standard InChI is InChI=1S/C14H19N3O/c1-11(13-5-3-4-12(8-13)10-18)15-9-14-6-7-16-17(14)2/h3-8,11,15,18H,9-10H2,1-2H3. The number of rotatable bonds is 5. The number of nitrogens with zero attached hydrogens (tertiary/aromatic N) is 2. The fourth-order valence-corrected chi connectivity index (χ4v) is 1.91. The summed E-state index contributed by atoms with van der Waals surface area (Å²) in [6, 6.07) is 10.2. The second kappa shape index (κ2) is 5.80. The maximum Gasteiger partial charge on any atom is 0.0681 e. The summed E-state index contributed by atoms with van der Waals surface area (Å²) in [4.78, 5) is 0. The zero-order chi connectivity index (χ0) is 13.0. The van der Waals surface area contributed by atoms with Crippen molar-refractivity contribution < 1.29 is 5.11 Å². The van der Waals surface area contributed by atoms with Crippen molar-refractivity contribution in [2.75, 3.05) is 0 Å². The van der Waals surface area contributed by atoms with E-state index in [0.29, 0.717) is 0 Å². The Kier molecular flexibility index (Phi) is 4.12. The Bertz CT molecular complexity index is 507. The van der Waals surface area contributed by atoms with Crippen molar-refractivity contribution in [3.05, 3.63) is 53.3 Å². The minimum absolute atomic E-state index is 0.0856. The summed E-state index contributed by atoms with van der Waals surface area (Å²) in [6.07, 6.45) is 1.80. The lowest BCUT2D eigenvalue weighted by Crippen LogP contribution is -2.19. The molecular weight excluding hydrogens is 226 g/mol. The van der Waals surface area contributed by atoms with Crippen molar-refractivity contribution in [2.24, 2.45) is 7.05 Å². The number of benzene rings is 1. The highest BCUT2D eigenvalue weighted by molar-refractivity contribution is 5.25. The van der Waals surface area contributed by atoms with Gasteiger partial charge in [0.2, 0.25) is 0 Å². The molecule has 18 heavy (non-hydrogen) atoms. The molecule has 0 aliphatic carbocycles. The fraction of sp³-hybridized carbons (Fsp3) is 0.357. The van der Waals surface area contributed by atoms with E-state index in [1.54, 1.807) is 6.20 Å². The molecule has 0 bridgehead atoms. The molecule has 0 radical (unpaired) electrons. The van der Waals surface area contributed by atoms with E-state index >= 15 is 0 Å². The van der Waals surface area contributed by atoms with Crippen LogP contribution in [-0.2, 0) is 20.2 Å². The van der Waals surface area contributed by atoms with Crippen LogP contribution in [0.25, 0.3) is 0 Å². The summed E-state index contributed by atoms with van der Waals surface area (Å²) in [5.74, 6) is 0. The Morgan fingerprint density at radius 3 is 2.89 bits per heavy atom. The van der Waals surface area contributed by atoms with Crippen LogP contribution in [0.3, 0.4) is 0 Å². The molecular formula is C14H19N3O. The molecule has 0 aliphatic rings. The van der Waals surface area contributed by atoms with Crippen LogP contribution < -0.4 is 5.32 Å². The van der Waals surface area contributed by atoms with Gasteiger partial charge in [0.15, 0.2) is 0 Å². The van der Waals surface area contributed by atoms with Crippen LogP contribution in [0.4, 0.5) is 0 Å². The van der Waals surface area contributed by atoms with Gasteiger partial charge in [0, 0.05) is 25.8 Å². The first-order chi connectivity index (χ1) is 8.70. The maximum absolute atomic E-state index is 9.13. The quantitative estimate of drug-likeness (QED) is 0.844. The van der Waals surface area contributed by atoms with Crippen LogP contribution in [-0.4, -0.2) is 14.9 Å². The highest BCUT2D eigenvalue weighted by atomic mass is 16.3.